The summed E-state index contributed by atoms with van der Waals surface area (Å²) in [4.78, 5) is 17.9. The zero-order valence-electron chi connectivity index (χ0n) is 13.8. The molecule has 1 aromatic rings. The van der Waals surface area contributed by atoms with E-state index in [1.807, 2.05) is 6.92 Å². The lowest BCUT2D eigenvalue weighted by molar-refractivity contribution is -0.127. The second-order valence-electron chi connectivity index (χ2n) is 5.74. The van der Waals surface area contributed by atoms with Gasteiger partial charge in [0.25, 0.3) is 0 Å². The molecule has 0 aliphatic heterocycles. The van der Waals surface area contributed by atoms with Crippen LogP contribution in [-0.4, -0.2) is 36.7 Å². The lowest BCUT2D eigenvalue weighted by Gasteiger charge is -2.32. The number of methoxy groups -OCH3 is 1. The molecule has 23 heavy (non-hydrogen) atoms. The van der Waals surface area contributed by atoms with E-state index in [1.165, 1.54) is 4.88 Å². The lowest BCUT2D eigenvalue weighted by atomic mass is 9.83. The molecule has 1 fully saturated rings. The monoisotopic (exact) mass is 383 g/mol. The number of aryl methyl sites for hydroxylation is 2. The largest absolute Gasteiger partial charge is 0.380 e. The highest BCUT2D eigenvalue weighted by Crippen LogP contribution is 2.25. The van der Waals surface area contributed by atoms with Crippen LogP contribution in [0.1, 0.15) is 34.8 Å². The number of amides is 1. The topological polar surface area (TPSA) is 77.2 Å². The summed E-state index contributed by atoms with van der Waals surface area (Å²) >= 11 is 1.71. The predicted octanol–water partition coefficient (Wildman–Crippen LogP) is 2.40. The number of halogens is 2. The Morgan fingerprint density at radius 1 is 1.39 bits per heavy atom. The molecular weight excluding hydrogens is 357 g/mol. The molecule has 1 heterocycles. The minimum Gasteiger partial charge on any atom is -0.380 e. The van der Waals surface area contributed by atoms with E-state index in [9.17, 15) is 4.79 Å². The number of thiazole rings is 1. The Morgan fingerprint density at radius 3 is 2.61 bits per heavy atom. The third-order valence-corrected chi connectivity index (χ3v) is 5.35. The van der Waals surface area contributed by atoms with Gasteiger partial charge in [0.05, 0.1) is 16.8 Å². The van der Waals surface area contributed by atoms with Gasteiger partial charge >= 0.3 is 0 Å². The van der Waals surface area contributed by atoms with E-state index >= 15 is 0 Å². The smallest absolute Gasteiger partial charge is 0.223 e. The van der Waals surface area contributed by atoms with Gasteiger partial charge < -0.3 is 15.8 Å². The van der Waals surface area contributed by atoms with Crippen LogP contribution in [0.4, 0.5) is 0 Å². The van der Waals surface area contributed by atoms with Crippen LogP contribution in [0.25, 0.3) is 0 Å². The molecule has 5 nitrogen and oxygen atoms in total. The SMILES string of the molecule is CO[C@@H]1CC[C@H](C(=O)NCCc2nc(C)c(C)s2)C[C@H]1N.Cl.Cl. The zero-order chi connectivity index (χ0) is 15.4. The number of hydrogen-bond acceptors (Lipinski definition) is 5. The van der Waals surface area contributed by atoms with Crippen molar-refractivity contribution >= 4 is 42.1 Å². The molecule has 0 spiro atoms. The second kappa shape index (κ2) is 10.5. The number of nitrogens with zero attached hydrogens (tertiary/aromatic N) is 1. The Bertz CT molecular complexity index is 480. The van der Waals surface area contributed by atoms with Gasteiger partial charge in [-0.15, -0.1) is 36.2 Å². The minimum absolute atomic E-state index is 0. The molecule has 1 aliphatic rings. The normalized spacial score (nSPS) is 23.6. The molecule has 1 amide bonds. The number of carbonyl (C=O) groups excluding carboxylic acids is 1. The van der Waals surface area contributed by atoms with Crippen LogP contribution in [0.5, 0.6) is 0 Å². The van der Waals surface area contributed by atoms with E-state index in [1.54, 1.807) is 18.4 Å². The number of hydrogen-bond donors (Lipinski definition) is 2. The molecule has 3 N–H and O–H groups in total. The highest BCUT2D eigenvalue weighted by Gasteiger charge is 2.31. The van der Waals surface area contributed by atoms with Crippen molar-refractivity contribution in [3.8, 4) is 0 Å². The van der Waals surface area contributed by atoms with Crippen LogP contribution >= 0.6 is 36.2 Å². The molecule has 0 saturated heterocycles. The predicted molar refractivity (Wildman–Crippen MR) is 98.9 cm³/mol. The van der Waals surface area contributed by atoms with Crippen molar-refractivity contribution in [1.82, 2.24) is 10.3 Å². The van der Waals surface area contributed by atoms with Crippen molar-refractivity contribution in [2.75, 3.05) is 13.7 Å². The Hall–Kier alpha value is -0.400. The van der Waals surface area contributed by atoms with Crippen LogP contribution in [0, 0.1) is 19.8 Å². The average Bonchev–Trinajstić information content (AvgIpc) is 2.77. The molecule has 0 bridgehead atoms. The Morgan fingerprint density at radius 2 is 2.09 bits per heavy atom. The molecule has 1 aliphatic carbocycles. The lowest BCUT2D eigenvalue weighted by Crippen LogP contribution is -2.45. The number of nitrogens with one attached hydrogen (secondary N) is 1. The third-order valence-electron chi connectivity index (χ3n) is 4.22. The number of nitrogens with two attached hydrogens (primary N) is 1. The summed E-state index contributed by atoms with van der Waals surface area (Å²) in [7, 11) is 1.68. The Balaban J connectivity index is 0.00000242. The van der Waals surface area contributed by atoms with Gasteiger partial charge in [-0.2, -0.15) is 0 Å². The van der Waals surface area contributed by atoms with Gasteiger partial charge in [-0.1, -0.05) is 0 Å². The molecule has 1 aromatic heterocycles. The third kappa shape index (κ3) is 6.19. The summed E-state index contributed by atoms with van der Waals surface area (Å²) in [6, 6.07) is -0.0382. The maximum absolute atomic E-state index is 12.2. The van der Waals surface area contributed by atoms with E-state index in [0.717, 1.165) is 30.0 Å². The summed E-state index contributed by atoms with van der Waals surface area (Å²) in [6.45, 7) is 4.74. The number of rotatable bonds is 5. The first-order valence-corrected chi connectivity index (χ1v) is 8.32. The standard InChI is InChI=1S/C15H25N3O2S.2ClH/c1-9-10(2)21-14(18-9)6-7-17-15(19)11-4-5-13(20-3)12(16)8-11;;/h11-13H,4-8,16H2,1-3H3,(H,17,19);2*1H/t11-,12+,13+;;/m0../s1. The first-order chi connectivity index (χ1) is 10.0. The first kappa shape index (κ1) is 22.6. The molecule has 1 saturated carbocycles. The van der Waals surface area contributed by atoms with Crippen LogP contribution in [0.15, 0.2) is 0 Å². The molecule has 0 aromatic carbocycles. The summed E-state index contributed by atoms with van der Waals surface area (Å²) in [5.41, 5.74) is 7.13. The molecular formula is C15H27Cl2N3O2S. The highest BCUT2D eigenvalue weighted by molar-refractivity contribution is 7.11. The van der Waals surface area contributed by atoms with Crippen molar-refractivity contribution in [3.05, 3.63) is 15.6 Å². The van der Waals surface area contributed by atoms with E-state index < -0.39 is 0 Å². The summed E-state index contributed by atoms with van der Waals surface area (Å²) in [6.07, 6.45) is 3.31. The Kier molecular flexibility index (Phi) is 10.3. The van der Waals surface area contributed by atoms with Crippen molar-refractivity contribution in [2.45, 2.75) is 51.7 Å². The number of aromatic nitrogens is 1. The summed E-state index contributed by atoms with van der Waals surface area (Å²) in [5.74, 6) is 0.135. The fourth-order valence-electron chi connectivity index (χ4n) is 2.79. The summed E-state index contributed by atoms with van der Waals surface area (Å²) < 4.78 is 5.32. The van der Waals surface area contributed by atoms with Crippen LogP contribution in [0.3, 0.4) is 0 Å². The maximum atomic E-state index is 12.2. The van der Waals surface area contributed by atoms with Gasteiger partial charge in [-0.05, 0) is 33.1 Å². The second-order valence-corrected chi connectivity index (χ2v) is 7.03. The van der Waals surface area contributed by atoms with Gasteiger partial charge in [0.2, 0.25) is 5.91 Å². The number of ether oxygens (including phenoxy) is 1. The van der Waals surface area contributed by atoms with E-state index in [4.69, 9.17) is 10.5 Å². The van der Waals surface area contributed by atoms with Crippen molar-refractivity contribution in [3.63, 3.8) is 0 Å². The molecule has 8 heteroatoms. The van der Waals surface area contributed by atoms with Crippen molar-refractivity contribution < 1.29 is 9.53 Å². The average molecular weight is 384 g/mol. The fourth-order valence-corrected chi connectivity index (χ4v) is 3.73. The highest BCUT2D eigenvalue weighted by atomic mass is 35.5. The quantitative estimate of drug-likeness (QED) is 0.817. The van der Waals surface area contributed by atoms with Crippen LogP contribution < -0.4 is 11.1 Å². The molecule has 134 valence electrons. The Labute approximate surface area is 154 Å². The minimum atomic E-state index is -0.0382. The van der Waals surface area contributed by atoms with Gasteiger partial charge in [0.1, 0.15) is 0 Å². The van der Waals surface area contributed by atoms with Crippen LogP contribution in [0.2, 0.25) is 0 Å². The molecule has 2 rings (SSSR count). The van der Waals surface area contributed by atoms with Crippen molar-refractivity contribution in [1.29, 1.82) is 0 Å². The summed E-state index contributed by atoms with van der Waals surface area (Å²) in [5, 5.41) is 4.10. The van der Waals surface area contributed by atoms with Crippen molar-refractivity contribution in [2.24, 2.45) is 11.7 Å². The zero-order valence-corrected chi connectivity index (χ0v) is 16.3. The van der Waals surface area contributed by atoms with Gasteiger partial charge in [-0.25, -0.2) is 4.98 Å². The molecule has 3 atom stereocenters. The van der Waals surface area contributed by atoms with Gasteiger partial charge in [0, 0.05) is 36.9 Å². The van der Waals surface area contributed by atoms with E-state index in [-0.39, 0.29) is 48.8 Å². The van der Waals surface area contributed by atoms with Gasteiger partial charge in [-0.3, -0.25) is 4.79 Å². The number of carbonyl (C=O) groups is 1. The van der Waals surface area contributed by atoms with E-state index in [0.29, 0.717) is 13.0 Å². The molecule has 0 unspecified atom stereocenters. The van der Waals surface area contributed by atoms with E-state index in [2.05, 4.69) is 17.2 Å². The molecule has 0 radical (unpaired) electrons. The fraction of sp³-hybridized carbons (Fsp3) is 0.733. The first-order valence-electron chi connectivity index (χ1n) is 7.50. The maximum Gasteiger partial charge on any atom is 0.223 e. The van der Waals surface area contributed by atoms with Crippen LogP contribution in [-0.2, 0) is 16.0 Å². The van der Waals surface area contributed by atoms with Gasteiger partial charge in [0.15, 0.2) is 0 Å².